The summed E-state index contributed by atoms with van der Waals surface area (Å²) >= 11 is 0. The lowest BCUT2D eigenvalue weighted by atomic mass is 10.1. The van der Waals surface area contributed by atoms with E-state index >= 15 is 0 Å². The predicted octanol–water partition coefficient (Wildman–Crippen LogP) is 3.79. The molecule has 1 rings (SSSR count). The van der Waals surface area contributed by atoms with Crippen molar-refractivity contribution in [1.29, 1.82) is 5.26 Å². The molecule has 160 valence electrons. The number of carbonyl (C=O) groups excluding carboxylic acids is 2. The van der Waals surface area contributed by atoms with Gasteiger partial charge in [0, 0.05) is 29.9 Å². The molecular weight excluding hydrogens is 380 g/mol. The normalized spacial score (nSPS) is 13.4. The summed E-state index contributed by atoms with van der Waals surface area (Å²) < 4.78 is 0. The maximum absolute atomic E-state index is 12.4. The topological polar surface area (TPSA) is 115 Å². The Morgan fingerprint density at radius 1 is 1.23 bits per heavy atom. The molecule has 7 heteroatoms. The van der Waals surface area contributed by atoms with Crippen molar-refractivity contribution >= 4 is 18.0 Å². The molecule has 0 aliphatic heterocycles. The lowest BCUT2D eigenvalue weighted by Crippen LogP contribution is -2.32. The van der Waals surface area contributed by atoms with Crippen molar-refractivity contribution in [2.24, 2.45) is 4.99 Å². The number of allylic oxidation sites excluding steroid dienone is 2. The van der Waals surface area contributed by atoms with Gasteiger partial charge in [-0.2, -0.15) is 5.26 Å². The van der Waals surface area contributed by atoms with Crippen molar-refractivity contribution < 1.29 is 14.7 Å². The van der Waals surface area contributed by atoms with Crippen molar-refractivity contribution in [1.82, 2.24) is 10.6 Å². The molecule has 2 amide bonds. The molecule has 0 fully saturated rings. The largest absolute Gasteiger partial charge is 0.514 e. The van der Waals surface area contributed by atoms with E-state index in [0.29, 0.717) is 23.9 Å². The zero-order chi connectivity index (χ0) is 22.5. The molecular formula is C23H30N4O3. The number of nitrogens with one attached hydrogen (secondary N) is 2. The number of amides is 2. The van der Waals surface area contributed by atoms with Crippen molar-refractivity contribution in [3.05, 3.63) is 58.5 Å². The number of hydrogen-bond donors (Lipinski definition) is 3. The number of rotatable bonds is 10. The van der Waals surface area contributed by atoms with Gasteiger partial charge in [0.2, 0.25) is 0 Å². The van der Waals surface area contributed by atoms with E-state index < -0.39 is 5.91 Å². The highest BCUT2D eigenvalue weighted by Crippen LogP contribution is 2.15. The first-order chi connectivity index (χ1) is 14.4. The molecule has 0 saturated carbocycles. The van der Waals surface area contributed by atoms with Gasteiger partial charge in [-0.1, -0.05) is 32.4 Å². The summed E-state index contributed by atoms with van der Waals surface area (Å²) in [4.78, 5) is 29.0. The molecule has 1 aromatic rings. The van der Waals surface area contributed by atoms with E-state index in [2.05, 4.69) is 22.5 Å². The van der Waals surface area contributed by atoms with Crippen LogP contribution in [-0.2, 0) is 4.79 Å². The third-order valence-electron chi connectivity index (χ3n) is 4.37. The lowest BCUT2D eigenvalue weighted by molar-refractivity contribution is -0.117. The number of benzene rings is 1. The van der Waals surface area contributed by atoms with Crippen LogP contribution in [0.5, 0.6) is 0 Å². The van der Waals surface area contributed by atoms with E-state index in [1.165, 1.54) is 6.21 Å². The Morgan fingerprint density at radius 3 is 2.43 bits per heavy atom. The third-order valence-corrected chi connectivity index (χ3v) is 4.37. The van der Waals surface area contributed by atoms with E-state index in [-0.39, 0.29) is 28.8 Å². The highest BCUT2D eigenvalue weighted by Gasteiger charge is 2.15. The Morgan fingerprint density at radius 2 is 1.90 bits per heavy atom. The Labute approximate surface area is 178 Å². The second-order valence-electron chi connectivity index (χ2n) is 6.93. The number of aliphatic hydroxyl groups is 1. The Bertz CT molecular complexity index is 861. The fourth-order valence-electron chi connectivity index (χ4n) is 2.66. The van der Waals surface area contributed by atoms with Crippen LogP contribution in [-0.4, -0.2) is 35.7 Å². The van der Waals surface area contributed by atoms with E-state index in [1.807, 2.05) is 19.9 Å². The van der Waals surface area contributed by atoms with E-state index in [0.717, 1.165) is 19.3 Å². The minimum Gasteiger partial charge on any atom is -0.514 e. The van der Waals surface area contributed by atoms with E-state index in [9.17, 15) is 14.7 Å². The van der Waals surface area contributed by atoms with Crippen LogP contribution in [0.4, 0.5) is 0 Å². The molecule has 3 N–H and O–H groups in total. The first-order valence-corrected chi connectivity index (χ1v) is 10.1. The molecule has 0 heterocycles. The fraction of sp³-hybridized carbons (Fsp3) is 0.391. The van der Waals surface area contributed by atoms with Gasteiger partial charge in [-0.05, 0) is 44.4 Å². The fourth-order valence-corrected chi connectivity index (χ4v) is 2.66. The van der Waals surface area contributed by atoms with Crippen molar-refractivity contribution in [2.75, 3.05) is 6.54 Å². The van der Waals surface area contributed by atoms with Gasteiger partial charge in [0.05, 0.1) is 11.8 Å². The van der Waals surface area contributed by atoms with Crippen LogP contribution in [0.3, 0.4) is 0 Å². The average molecular weight is 411 g/mol. The van der Waals surface area contributed by atoms with E-state index in [4.69, 9.17) is 5.26 Å². The van der Waals surface area contributed by atoms with Gasteiger partial charge in [-0.3, -0.25) is 14.6 Å². The quantitative estimate of drug-likeness (QED) is 0.179. The first kappa shape index (κ1) is 24.6. The predicted molar refractivity (Wildman–Crippen MR) is 118 cm³/mol. The summed E-state index contributed by atoms with van der Waals surface area (Å²) in [5, 5.41) is 24.0. The standard InChI is InChI=1S/C23H30N4O3/c1-5-7-16(3)27-22(29)19-10-8-18(9-11-19)14-26-21(23(30)25-12-6-2)17(4)20(13-24)15-28/h8-11,14-16,28H,5-7,12H2,1-4H3,(H,25,30)(H,27,29). The minimum atomic E-state index is -0.430. The maximum atomic E-state index is 12.4. The Balaban J connectivity index is 3.07. The third kappa shape index (κ3) is 7.55. The molecule has 1 aromatic carbocycles. The second-order valence-corrected chi connectivity index (χ2v) is 6.93. The van der Waals surface area contributed by atoms with Crippen molar-refractivity contribution in [3.8, 4) is 6.07 Å². The van der Waals surface area contributed by atoms with Crippen LogP contribution in [0.2, 0.25) is 0 Å². The van der Waals surface area contributed by atoms with E-state index in [1.54, 1.807) is 31.2 Å². The van der Waals surface area contributed by atoms with Crippen LogP contribution in [0.15, 0.2) is 52.4 Å². The number of carbonyl (C=O) groups is 2. The van der Waals surface area contributed by atoms with Crippen LogP contribution in [0, 0.1) is 11.3 Å². The average Bonchev–Trinajstić information content (AvgIpc) is 2.73. The number of nitriles is 1. The second kappa shape index (κ2) is 12.9. The van der Waals surface area contributed by atoms with Gasteiger partial charge in [0.25, 0.3) is 11.8 Å². The molecule has 7 nitrogen and oxygen atoms in total. The monoisotopic (exact) mass is 410 g/mol. The van der Waals surface area contributed by atoms with Gasteiger partial charge in [-0.25, -0.2) is 0 Å². The Kier molecular flexibility index (Phi) is 10.6. The maximum Gasteiger partial charge on any atom is 0.270 e. The Hall–Kier alpha value is -3.40. The first-order valence-electron chi connectivity index (χ1n) is 10.1. The van der Waals surface area contributed by atoms with Crippen LogP contribution in [0.25, 0.3) is 0 Å². The summed E-state index contributed by atoms with van der Waals surface area (Å²) in [7, 11) is 0. The molecule has 0 aliphatic carbocycles. The minimum absolute atomic E-state index is 0.0398. The van der Waals surface area contributed by atoms with Gasteiger partial charge < -0.3 is 15.7 Å². The zero-order valence-electron chi connectivity index (χ0n) is 18.0. The van der Waals surface area contributed by atoms with Gasteiger partial charge in [0.15, 0.2) is 0 Å². The number of hydrogen-bond acceptors (Lipinski definition) is 5. The van der Waals surface area contributed by atoms with Crippen molar-refractivity contribution in [3.63, 3.8) is 0 Å². The van der Waals surface area contributed by atoms with Gasteiger partial charge >= 0.3 is 0 Å². The molecule has 1 atom stereocenters. The lowest BCUT2D eigenvalue weighted by Gasteiger charge is -2.12. The molecule has 0 saturated heterocycles. The molecule has 30 heavy (non-hydrogen) atoms. The van der Waals surface area contributed by atoms with Gasteiger partial charge in [0.1, 0.15) is 11.8 Å². The van der Waals surface area contributed by atoms with Crippen LogP contribution in [0.1, 0.15) is 62.9 Å². The summed E-state index contributed by atoms with van der Waals surface area (Å²) in [5.41, 5.74) is 1.50. The molecule has 0 bridgehead atoms. The molecule has 0 aliphatic rings. The molecule has 0 spiro atoms. The van der Waals surface area contributed by atoms with Crippen molar-refractivity contribution in [2.45, 2.75) is 53.0 Å². The van der Waals surface area contributed by atoms with Crippen LogP contribution >= 0.6 is 0 Å². The molecule has 0 aromatic heterocycles. The summed E-state index contributed by atoms with van der Waals surface area (Å²) in [5.74, 6) is -0.567. The molecule has 0 radical (unpaired) electrons. The van der Waals surface area contributed by atoms with Crippen LogP contribution < -0.4 is 10.6 Å². The molecule has 1 unspecified atom stereocenters. The number of aliphatic imine (C=N–C) groups is 1. The smallest absolute Gasteiger partial charge is 0.270 e. The van der Waals surface area contributed by atoms with Gasteiger partial charge in [-0.15, -0.1) is 0 Å². The number of aliphatic hydroxyl groups excluding tert-OH is 1. The zero-order valence-corrected chi connectivity index (χ0v) is 18.0. The highest BCUT2D eigenvalue weighted by atomic mass is 16.2. The summed E-state index contributed by atoms with van der Waals surface area (Å²) in [6.45, 7) is 7.98. The summed E-state index contributed by atoms with van der Waals surface area (Å²) in [6, 6.07) is 8.79. The number of nitrogens with zero attached hydrogens (tertiary/aromatic N) is 2. The highest BCUT2D eigenvalue weighted by molar-refractivity contribution is 5.98. The summed E-state index contributed by atoms with van der Waals surface area (Å²) in [6.07, 6.45) is 4.81. The SMILES string of the molecule is CCCNC(=O)C(N=Cc1ccc(C(=O)NC(C)CCC)cc1)=C(C)C(C#N)=CO.